The van der Waals surface area contributed by atoms with Crippen LogP contribution in [0.2, 0.25) is 0 Å². The molecule has 1 saturated heterocycles. The van der Waals surface area contributed by atoms with Gasteiger partial charge in [0.1, 0.15) is 5.75 Å². The number of benzene rings is 1. The summed E-state index contributed by atoms with van der Waals surface area (Å²) in [5.74, 6) is 0.576. The lowest BCUT2D eigenvalue weighted by Crippen LogP contribution is -2.38. The monoisotopic (exact) mass is 330 g/mol. The largest absolute Gasteiger partial charge is 0.415 e. The number of amides is 2. The first kappa shape index (κ1) is 15.6. The first-order valence-electron chi connectivity index (χ1n) is 7.58. The van der Waals surface area contributed by atoms with Gasteiger partial charge in [-0.2, -0.15) is 0 Å². The van der Waals surface area contributed by atoms with Crippen LogP contribution in [0.15, 0.2) is 47.8 Å². The Morgan fingerprint density at radius 1 is 0.913 bits per heavy atom. The van der Waals surface area contributed by atoms with Crippen LogP contribution in [0.4, 0.5) is 4.79 Å². The summed E-state index contributed by atoms with van der Waals surface area (Å²) >= 11 is 1.44. The van der Waals surface area contributed by atoms with E-state index in [9.17, 15) is 9.59 Å². The second-order valence-electron chi connectivity index (χ2n) is 5.29. The first-order chi connectivity index (χ1) is 11.2. The maximum atomic E-state index is 12.4. The fourth-order valence-corrected chi connectivity index (χ4v) is 3.20. The van der Waals surface area contributed by atoms with E-state index in [0.717, 1.165) is 11.3 Å². The summed E-state index contributed by atoms with van der Waals surface area (Å²) in [7, 11) is 0. The molecule has 120 valence electrons. The molecule has 1 aromatic carbocycles. The highest BCUT2D eigenvalue weighted by Crippen LogP contribution is 2.15. The van der Waals surface area contributed by atoms with Crippen LogP contribution in [0.3, 0.4) is 0 Å². The van der Waals surface area contributed by atoms with Gasteiger partial charge in [-0.3, -0.25) is 4.79 Å². The molecule has 23 heavy (non-hydrogen) atoms. The number of para-hydroxylation sites is 1. The van der Waals surface area contributed by atoms with E-state index in [-0.39, 0.29) is 12.0 Å². The molecule has 0 bridgehead atoms. The van der Waals surface area contributed by atoms with Crippen LogP contribution < -0.4 is 4.74 Å². The van der Waals surface area contributed by atoms with Crippen LogP contribution in [0.1, 0.15) is 16.1 Å². The summed E-state index contributed by atoms with van der Waals surface area (Å²) in [6.07, 6.45) is 0.391. The highest BCUT2D eigenvalue weighted by molar-refractivity contribution is 7.12. The Hall–Kier alpha value is -2.34. The minimum atomic E-state index is -0.360. The van der Waals surface area contributed by atoms with E-state index in [0.29, 0.717) is 31.9 Å². The normalized spacial score (nSPS) is 15.1. The van der Waals surface area contributed by atoms with E-state index in [1.54, 1.807) is 17.0 Å². The van der Waals surface area contributed by atoms with Gasteiger partial charge in [-0.15, -0.1) is 11.3 Å². The number of thiophene rings is 1. The van der Waals surface area contributed by atoms with E-state index in [1.807, 2.05) is 40.6 Å². The molecule has 3 rings (SSSR count). The Balaban J connectivity index is 1.58. The van der Waals surface area contributed by atoms with Gasteiger partial charge in [-0.05, 0) is 30.0 Å². The van der Waals surface area contributed by atoms with Gasteiger partial charge in [0.05, 0.1) is 4.88 Å². The van der Waals surface area contributed by atoms with Crippen molar-refractivity contribution in [3.8, 4) is 5.75 Å². The van der Waals surface area contributed by atoms with Crippen LogP contribution in [0, 0.1) is 0 Å². The highest BCUT2D eigenvalue weighted by atomic mass is 32.1. The minimum Gasteiger partial charge on any atom is -0.410 e. The number of hydrogen-bond donors (Lipinski definition) is 0. The molecule has 0 aliphatic carbocycles. The molecule has 0 atom stereocenters. The van der Waals surface area contributed by atoms with Crippen molar-refractivity contribution in [1.29, 1.82) is 0 Å². The molecule has 2 amide bonds. The quantitative estimate of drug-likeness (QED) is 0.850. The minimum absolute atomic E-state index is 0.0401. The summed E-state index contributed by atoms with van der Waals surface area (Å²) in [5.41, 5.74) is 0. The lowest BCUT2D eigenvalue weighted by atomic mass is 10.3. The molecule has 5 nitrogen and oxygen atoms in total. The predicted octanol–water partition coefficient (Wildman–Crippen LogP) is 3.10. The molecule has 0 spiro atoms. The fourth-order valence-electron chi connectivity index (χ4n) is 2.51. The van der Waals surface area contributed by atoms with Gasteiger partial charge in [0, 0.05) is 26.2 Å². The Bertz CT molecular complexity index is 658. The molecule has 1 aromatic heterocycles. The van der Waals surface area contributed by atoms with Crippen LogP contribution >= 0.6 is 11.3 Å². The van der Waals surface area contributed by atoms with Crippen molar-refractivity contribution in [3.05, 3.63) is 52.7 Å². The van der Waals surface area contributed by atoms with Crippen LogP contribution in [0.25, 0.3) is 0 Å². The lowest BCUT2D eigenvalue weighted by molar-refractivity contribution is 0.0765. The summed E-state index contributed by atoms with van der Waals surface area (Å²) < 4.78 is 5.36. The zero-order valence-corrected chi connectivity index (χ0v) is 13.5. The predicted molar refractivity (Wildman–Crippen MR) is 88.9 cm³/mol. The Morgan fingerprint density at radius 2 is 1.65 bits per heavy atom. The molecule has 6 heteroatoms. The van der Waals surface area contributed by atoms with Gasteiger partial charge >= 0.3 is 6.09 Å². The van der Waals surface area contributed by atoms with Gasteiger partial charge in [-0.25, -0.2) is 4.79 Å². The van der Waals surface area contributed by atoms with E-state index in [4.69, 9.17) is 4.74 Å². The van der Waals surface area contributed by atoms with Crippen molar-refractivity contribution < 1.29 is 14.3 Å². The Kier molecular flexibility index (Phi) is 4.92. The van der Waals surface area contributed by atoms with Gasteiger partial charge in [-0.1, -0.05) is 24.3 Å². The highest BCUT2D eigenvalue weighted by Gasteiger charge is 2.24. The molecule has 0 unspecified atom stereocenters. The SMILES string of the molecule is O=C(Oc1ccccc1)N1CCCN(C(=O)c2cccs2)CC1. The molecule has 0 saturated carbocycles. The van der Waals surface area contributed by atoms with Crippen molar-refractivity contribution in [3.63, 3.8) is 0 Å². The van der Waals surface area contributed by atoms with Crippen molar-refractivity contribution in [2.24, 2.45) is 0 Å². The van der Waals surface area contributed by atoms with Crippen molar-refractivity contribution in [1.82, 2.24) is 9.80 Å². The molecule has 1 fully saturated rings. The fraction of sp³-hybridized carbons (Fsp3) is 0.294. The molecule has 1 aliphatic heterocycles. The third-order valence-electron chi connectivity index (χ3n) is 3.72. The second-order valence-corrected chi connectivity index (χ2v) is 6.24. The molecule has 1 aliphatic rings. The average molecular weight is 330 g/mol. The van der Waals surface area contributed by atoms with Gasteiger partial charge in [0.25, 0.3) is 5.91 Å². The standard InChI is InChI=1S/C17H18N2O3S/c20-16(15-8-4-13-23-15)18-9-5-10-19(12-11-18)17(21)22-14-6-2-1-3-7-14/h1-4,6-8,13H,5,9-12H2. The van der Waals surface area contributed by atoms with Crippen molar-refractivity contribution in [2.45, 2.75) is 6.42 Å². The summed E-state index contributed by atoms with van der Waals surface area (Å²) in [5, 5.41) is 1.90. The number of carbonyl (C=O) groups excluding carboxylic acids is 2. The third kappa shape index (κ3) is 3.90. The van der Waals surface area contributed by atoms with Crippen LogP contribution in [-0.4, -0.2) is 48.0 Å². The van der Waals surface area contributed by atoms with Gasteiger partial charge in [0.15, 0.2) is 0 Å². The lowest BCUT2D eigenvalue weighted by Gasteiger charge is -2.21. The smallest absolute Gasteiger partial charge is 0.410 e. The van der Waals surface area contributed by atoms with Crippen LogP contribution in [0.5, 0.6) is 5.75 Å². The summed E-state index contributed by atoms with van der Waals surface area (Å²) in [4.78, 5) is 28.8. The van der Waals surface area contributed by atoms with Gasteiger partial charge in [0.2, 0.25) is 0 Å². The number of hydrogen-bond acceptors (Lipinski definition) is 4. The zero-order valence-electron chi connectivity index (χ0n) is 12.7. The third-order valence-corrected chi connectivity index (χ3v) is 4.58. The second kappa shape index (κ2) is 7.28. The Morgan fingerprint density at radius 3 is 2.39 bits per heavy atom. The number of rotatable bonds is 2. The van der Waals surface area contributed by atoms with E-state index < -0.39 is 0 Å². The van der Waals surface area contributed by atoms with Crippen LogP contribution in [-0.2, 0) is 0 Å². The van der Waals surface area contributed by atoms with Crippen molar-refractivity contribution >= 4 is 23.3 Å². The molecule has 0 radical (unpaired) electrons. The molecule has 2 heterocycles. The van der Waals surface area contributed by atoms with E-state index >= 15 is 0 Å². The molecule has 0 N–H and O–H groups in total. The average Bonchev–Trinajstić information content (AvgIpc) is 2.99. The van der Waals surface area contributed by atoms with E-state index in [2.05, 4.69) is 0 Å². The maximum Gasteiger partial charge on any atom is 0.415 e. The van der Waals surface area contributed by atoms with Crippen molar-refractivity contribution in [2.75, 3.05) is 26.2 Å². The number of nitrogens with zero attached hydrogens (tertiary/aromatic N) is 2. The topological polar surface area (TPSA) is 49.9 Å². The van der Waals surface area contributed by atoms with E-state index in [1.165, 1.54) is 11.3 Å². The Labute approximate surface area is 139 Å². The number of carbonyl (C=O) groups is 2. The zero-order chi connectivity index (χ0) is 16.1. The molecule has 2 aromatic rings. The first-order valence-corrected chi connectivity index (χ1v) is 8.46. The molecular weight excluding hydrogens is 312 g/mol. The maximum absolute atomic E-state index is 12.4. The van der Waals surface area contributed by atoms with Gasteiger partial charge < -0.3 is 14.5 Å². The summed E-state index contributed by atoms with van der Waals surface area (Å²) in [6, 6.07) is 12.7. The number of ether oxygens (including phenoxy) is 1. The molecular formula is C17H18N2O3S. The summed E-state index contributed by atoms with van der Waals surface area (Å²) in [6.45, 7) is 2.27.